The highest BCUT2D eigenvalue weighted by atomic mass is 35.5. The third kappa shape index (κ3) is 8.09. The first-order chi connectivity index (χ1) is 13.2. The zero-order chi connectivity index (χ0) is 19.3. The molecule has 1 aromatic carbocycles. The van der Waals surface area contributed by atoms with Crippen LogP contribution in [0.15, 0.2) is 53.7 Å². The van der Waals surface area contributed by atoms with Crippen LogP contribution in [-0.2, 0) is 6.42 Å². The van der Waals surface area contributed by atoms with Crippen LogP contribution >= 0.6 is 11.6 Å². The molecular formula is C20H26ClN5O. The van der Waals surface area contributed by atoms with Crippen LogP contribution in [0.4, 0.5) is 0 Å². The van der Waals surface area contributed by atoms with Gasteiger partial charge in [0.05, 0.1) is 0 Å². The standard InChI is InChI=1S/C20H26ClN5O/c1-2-22-20(25-14-11-16-9-10-18(21)26-15-16)24-13-6-12-23-19(27)17-7-4-3-5-8-17/h3-5,7-10,15H,2,6,11-14H2,1H3,(H,23,27)(H2,22,24,25). The normalized spacial score (nSPS) is 11.1. The molecule has 1 amide bonds. The maximum atomic E-state index is 12.0. The summed E-state index contributed by atoms with van der Waals surface area (Å²) in [5.41, 5.74) is 1.79. The molecule has 0 saturated heterocycles. The van der Waals surface area contributed by atoms with Gasteiger partial charge in [-0.1, -0.05) is 35.9 Å². The molecule has 3 N–H and O–H groups in total. The van der Waals surface area contributed by atoms with Crippen molar-refractivity contribution in [3.05, 3.63) is 64.9 Å². The van der Waals surface area contributed by atoms with Gasteiger partial charge in [-0.2, -0.15) is 0 Å². The van der Waals surface area contributed by atoms with E-state index in [2.05, 4.69) is 25.9 Å². The fourth-order valence-corrected chi connectivity index (χ4v) is 2.50. The van der Waals surface area contributed by atoms with E-state index in [1.807, 2.05) is 31.2 Å². The van der Waals surface area contributed by atoms with E-state index < -0.39 is 0 Å². The number of hydrogen-bond donors (Lipinski definition) is 3. The van der Waals surface area contributed by atoms with Crippen molar-refractivity contribution in [2.45, 2.75) is 19.8 Å². The molecule has 7 heteroatoms. The predicted octanol–water partition coefficient (Wildman–Crippen LogP) is 2.65. The number of aliphatic imine (C=N–C) groups is 1. The Hall–Kier alpha value is -2.60. The molecule has 0 saturated carbocycles. The Balaban J connectivity index is 1.68. The molecule has 0 aliphatic rings. The van der Waals surface area contributed by atoms with Gasteiger partial charge in [0, 0.05) is 37.9 Å². The molecule has 0 aliphatic carbocycles. The van der Waals surface area contributed by atoms with E-state index in [4.69, 9.17) is 11.6 Å². The van der Waals surface area contributed by atoms with E-state index in [-0.39, 0.29) is 5.91 Å². The topological polar surface area (TPSA) is 78.4 Å². The molecule has 6 nitrogen and oxygen atoms in total. The van der Waals surface area contributed by atoms with E-state index in [1.165, 1.54) is 0 Å². The smallest absolute Gasteiger partial charge is 0.251 e. The van der Waals surface area contributed by atoms with Crippen LogP contribution in [0.2, 0.25) is 5.15 Å². The van der Waals surface area contributed by atoms with Gasteiger partial charge in [-0.3, -0.25) is 9.79 Å². The van der Waals surface area contributed by atoms with Crippen molar-refractivity contribution in [1.82, 2.24) is 20.9 Å². The molecular weight excluding hydrogens is 362 g/mol. The summed E-state index contributed by atoms with van der Waals surface area (Å²) in [6, 6.07) is 13.0. The predicted molar refractivity (Wildman–Crippen MR) is 110 cm³/mol. The summed E-state index contributed by atoms with van der Waals surface area (Å²) in [6.45, 7) is 4.79. The third-order valence-electron chi connectivity index (χ3n) is 3.77. The number of nitrogens with one attached hydrogen (secondary N) is 3. The summed E-state index contributed by atoms with van der Waals surface area (Å²) in [7, 11) is 0. The number of carbonyl (C=O) groups excluding carboxylic acids is 1. The van der Waals surface area contributed by atoms with Crippen molar-refractivity contribution >= 4 is 23.5 Å². The molecule has 2 aromatic rings. The molecule has 2 rings (SSSR count). The van der Waals surface area contributed by atoms with E-state index >= 15 is 0 Å². The Morgan fingerprint density at radius 1 is 1.07 bits per heavy atom. The number of guanidine groups is 1. The van der Waals surface area contributed by atoms with Gasteiger partial charge in [0.1, 0.15) is 5.15 Å². The van der Waals surface area contributed by atoms with Crippen LogP contribution in [-0.4, -0.2) is 43.0 Å². The highest BCUT2D eigenvalue weighted by Crippen LogP contribution is 2.05. The van der Waals surface area contributed by atoms with Crippen LogP contribution in [0.5, 0.6) is 0 Å². The summed E-state index contributed by atoms with van der Waals surface area (Å²) < 4.78 is 0. The number of aromatic nitrogens is 1. The first-order valence-corrected chi connectivity index (χ1v) is 9.52. The lowest BCUT2D eigenvalue weighted by molar-refractivity contribution is 0.0953. The summed E-state index contributed by atoms with van der Waals surface area (Å²) in [6.07, 6.45) is 3.39. The number of carbonyl (C=O) groups is 1. The summed E-state index contributed by atoms with van der Waals surface area (Å²) >= 11 is 5.79. The van der Waals surface area contributed by atoms with Gasteiger partial charge in [-0.25, -0.2) is 4.98 Å². The molecule has 0 atom stereocenters. The number of rotatable bonds is 9. The lowest BCUT2D eigenvalue weighted by Gasteiger charge is -2.11. The maximum absolute atomic E-state index is 12.0. The fourth-order valence-electron chi connectivity index (χ4n) is 2.38. The SMILES string of the molecule is CCNC(=NCCCNC(=O)c1ccccc1)NCCc1ccc(Cl)nc1. The molecule has 0 aliphatic heterocycles. The summed E-state index contributed by atoms with van der Waals surface area (Å²) in [4.78, 5) is 20.6. The van der Waals surface area contributed by atoms with Gasteiger partial charge in [-0.15, -0.1) is 0 Å². The molecule has 1 aromatic heterocycles. The van der Waals surface area contributed by atoms with Crippen LogP contribution in [0.25, 0.3) is 0 Å². The lowest BCUT2D eigenvalue weighted by atomic mass is 10.2. The van der Waals surface area contributed by atoms with Gasteiger partial charge in [0.25, 0.3) is 5.91 Å². The second kappa shape index (κ2) is 11.9. The highest BCUT2D eigenvalue weighted by molar-refractivity contribution is 6.29. The molecule has 0 bridgehead atoms. The second-order valence-electron chi connectivity index (χ2n) is 5.90. The van der Waals surface area contributed by atoms with Crippen molar-refractivity contribution in [1.29, 1.82) is 0 Å². The van der Waals surface area contributed by atoms with Crippen LogP contribution in [0.1, 0.15) is 29.3 Å². The van der Waals surface area contributed by atoms with Gasteiger partial charge in [0.15, 0.2) is 5.96 Å². The monoisotopic (exact) mass is 387 g/mol. The molecule has 0 spiro atoms. The number of amides is 1. The summed E-state index contributed by atoms with van der Waals surface area (Å²) in [5, 5.41) is 9.93. The second-order valence-corrected chi connectivity index (χ2v) is 6.29. The minimum absolute atomic E-state index is 0.0545. The quantitative estimate of drug-likeness (QED) is 0.267. The number of benzene rings is 1. The number of pyridine rings is 1. The minimum Gasteiger partial charge on any atom is -0.357 e. The zero-order valence-corrected chi connectivity index (χ0v) is 16.3. The fraction of sp³-hybridized carbons (Fsp3) is 0.350. The van der Waals surface area contributed by atoms with Crippen molar-refractivity contribution in [3.63, 3.8) is 0 Å². The number of hydrogen-bond acceptors (Lipinski definition) is 3. The van der Waals surface area contributed by atoms with E-state index in [0.29, 0.717) is 23.8 Å². The zero-order valence-electron chi connectivity index (χ0n) is 15.5. The van der Waals surface area contributed by atoms with Crippen molar-refractivity contribution < 1.29 is 4.79 Å². The van der Waals surface area contributed by atoms with E-state index in [0.717, 1.165) is 37.5 Å². The highest BCUT2D eigenvalue weighted by Gasteiger charge is 2.03. The number of nitrogens with zero attached hydrogens (tertiary/aromatic N) is 2. The Kier molecular flexibility index (Phi) is 9.13. The minimum atomic E-state index is -0.0545. The Labute approximate surface area is 165 Å². The van der Waals surface area contributed by atoms with Gasteiger partial charge < -0.3 is 16.0 Å². The molecule has 0 unspecified atom stereocenters. The molecule has 0 radical (unpaired) electrons. The van der Waals surface area contributed by atoms with E-state index in [9.17, 15) is 4.79 Å². The Bertz CT molecular complexity index is 719. The largest absolute Gasteiger partial charge is 0.357 e. The molecule has 27 heavy (non-hydrogen) atoms. The Morgan fingerprint density at radius 2 is 1.89 bits per heavy atom. The maximum Gasteiger partial charge on any atom is 0.251 e. The molecule has 0 fully saturated rings. The van der Waals surface area contributed by atoms with Crippen LogP contribution in [0.3, 0.4) is 0 Å². The average Bonchev–Trinajstić information content (AvgIpc) is 2.69. The van der Waals surface area contributed by atoms with Crippen molar-refractivity contribution in [2.24, 2.45) is 4.99 Å². The average molecular weight is 388 g/mol. The van der Waals surface area contributed by atoms with Crippen LogP contribution in [0, 0.1) is 0 Å². The first kappa shape index (κ1) is 20.7. The van der Waals surface area contributed by atoms with Gasteiger partial charge in [-0.05, 0) is 43.5 Å². The van der Waals surface area contributed by atoms with E-state index in [1.54, 1.807) is 24.4 Å². The van der Waals surface area contributed by atoms with Crippen molar-refractivity contribution in [2.75, 3.05) is 26.2 Å². The molecule has 1 heterocycles. The van der Waals surface area contributed by atoms with Crippen LogP contribution < -0.4 is 16.0 Å². The third-order valence-corrected chi connectivity index (χ3v) is 3.99. The van der Waals surface area contributed by atoms with Gasteiger partial charge in [0.2, 0.25) is 0 Å². The first-order valence-electron chi connectivity index (χ1n) is 9.15. The Morgan fingerprint density at radius 3 is 2.59 bits per heavy atom. The lowest BCUT2D eigenvalue weighted by Crippen LogP contribution is -2.38. The molecule has 144 valence electrons. The van der Waals surface area contributed by atoms with Gasteiger partial charge >= 0.3 is 0 Å². The summed E-state index contributed by atoms with van der Waals surface area (Å²) in [5.74, 6) is 0.718. The number of halogens is 1. The van der Waals surface area contributed by atoms with Crippen molar-refractivity contribution in [3.8, 4) is 0 Å².